The van der Waals surface area contributed by atoms with Crippen LogP contribution < -0.4 is 5.32 Å². The van der Waals surface area contributed by atoms with Crippen molar-refractivity contribution in [3.63, 3.8) is 0 Å². The second-order valence-corrected chi connectivity index (χ2v) is 6.76. The molecule has 1 aromatic rings. The minimum atomic E-state index is -3.30. The van der Waals surface area contributed by atoms with Gasteiger partial charge in [-0.1, -0.05) is 6.42 Å². The number of hydrogen-bond donors (Lipinski definition) is 2. The molecule has 2 rings (SSSR count). The third kappa shape index (κ3) is 2.69. The summed E-state index contributed by atoms with van der Waals surface area (Å²) in [4.78, 5) is 15.9. The number of H-pyrrole nitrogens is 1. The molecule has 0 saturated carbocycles. The van der Waals surface area contributed by atoms with Gasteiger partial charge in [-0.05, 0) is 19.8 Å². The first-order chi connectivity index (χ1) is 8.50. The minimum Gasteiger partial charge on any atom is -0.345 e. The number of rotatable bonds is 3. The van der Waals surface area contributed by atoms with Gasteiger partial charge in [0.1, 0.15) is 17.4 Å². The minimum absolute atomic E-state index is 0.0990. The van der Waals surface area contributed by atoms with E-state index in [1.54, 1.807) is 6.92 Å². The average molecular weight is 272 g/mol. The Morgan fingerprint density at radius 1 is 1.56 bits per heavy atom. The van der Waals surface area contributed by atoms with Crippen molar-refractivity contribution in [2.24, 2.45) is 0 Å². The SMILES string of the molecule is CC(NC(=O)C1CCCCS1(=O)=O)c1ncn[nH]1. The Kier molecular flexibility index (Phi) is 3.65. The van der Waals surface area contributed by atoms with Crippen LogP contribution in [0, 0.1) is 0 Å². The highest BCUT2D eigenvalue weighted by Crippen LogP contribution is 2.20. The number of carbonyl (C=O) groups is 1. The molecular weight excluding hydrogens is 256 g/mol. The van der Waals surface area contributed by atoms with E-state index in [-0.39, 0.29) is 11.8 Å². The van der Waals surface area contributed by atoms with Gasteiger partial charge in [0.15, 0.2) is 9.84 Å². The lowest BCUT2D eigenvalue weighted by molar-refractivity contribution is -0.121. The molecule has 1 aliphatic rings. The van der Waals surface area contributed by atoms with Crippen LogP contribution in [0.25, 0.3) is 0 Å². The van der Waals surface area contributed by atoms with E-state index >= 15 is 0 Å². The van der Waals surface area contributed by atoms with E-state index in [9.17, 15) is 13.2 Å². The smallest absolute Gasteiger partial charge is 0.238 e. The number of nitrogens with zero attached hydrogens (tertiary/aromatic N) is 2. The molecule has 2 N–H and O–H groups in total. The van der Waals surface area contributed by atoms with Gasteiger partial charge in [0, 0.05) is 0 Å². The summed E-state index contributed by atoms with van der Waals surface area (Å²) >= 11 is 0. The lowest BCUT2D eigenvalue weighted by atomic mass is 10.1. The molecule has 1 fully saturated rings. The van der Waals surface area contributed by atoms with Crippen LogP contribution in [0.1, 0.15) is 38.1 Å². The number of nitrogens with one attached hydrogen (secondary N) is 2. The zero-order valence-corrected chi connectivity index (χ0v) is 10.9. The van der Waals surface area contributed by atoms with Gasteiger partial charge in [0.05, 0.1) is 11.8 Å². The van der Waals surface area contributed by atoms with Crippen molar-refractivity contribution < 1.29 is 13.2 Å². The molecule has 7 nitrogen and oxygen atoms in total. The van der Waals surface area contributed by atoms with Crippen molar-refractivity contribution in [3.8, 4) is 0 Å². The van der Waals surface area contributed by atoms with Crippen LogP contribution in [-0.2, 0) is 14.6 Å². The van der Waals surface area contributed by atoms with Gasteiger partial charge >= 0.3 is 0 Å². The fraction of sp³-hybridized carbons (Fsp3) is 0.700. The highest BCUT2D eigenvalue weighted by Gasteiger charge is 2.35. The Balaban J connectivity index is 2.03. The Bertz CT molecular complexity index is 511. The predicted molar refractivity (Wildman–Crippen MR) is 64.4 cm³/mol. The normalized spacial score (nSPS) is 24.4. The molecule has 0 aromatic carbocycles. The first kappa shape index (κ1) is 13.0. The molecule has 2 atom stereocenters. The molecule has 18 heavy (non-hydrogen) atoms. The summed E-state index contributed by atoms with van der Waals surface area (Å²) in [6.45, 7) is 1.73. The lowest BCUT2D eigenvalue weighted by Gasteiger charge is -2.22. The quantitative estimate of drug-likeness (QED) is 0.802. The van der Waals surface area contributed by atoms with Crippen LogP contribution in [0.4, 0.5) is 0 Å². The average Bonchev–Trinajstić information content (AvgIpc) is 2.81. The van der Waals surface area contributed by atoms with E-state index in [4.69, 9.17) is 0 Å². The molecular formula is C10H16N4O3S. The molecule has 100 valence electrons. The summed E-state index contributed by atoms with van der Waals surface area (Å²) in [6, 6.07) is -0.378. The maximum atomic E-state index is 12.0. The van der Waals surface area contributed by atoms with E-state index in [1.807, 2.05) is 0 Å². The largest absolute Gasteiger partial charge is 0.345 e. The fourth-order valence-electron chi connectivity index (χ4n) is 2.05. The third-order valence-corrected chi connectivity index (χ3v) is 5.25. The summed E-state index contributed by atoms with van der Waals surface area (Å²) in [5, 5.41) is 8.06. The number of hydrogen-bond acceptors (Lipinski definition) is 5. The van der Waals surface area contributed by atoms with Crippen LogP contribution in [0.3, 0.4) is 0 Å². The van der Waals surface area contributed by atoms with E-state index in [2.05, 4.69) is 20.5 Å². The third-order valence-electron chi connectivity index (χ3n) is 3.07. The number of carbonyl (C=O) groups excluding carboxylic acids is 1. The van der Waals surface area contributed by atoms with Crippen molar-refractivity contribution in [2.75, 3.05) is 5.75 Å². The highest BCUT2D eigenvalue weighted by molar-refractivity contribution is 7.92. The van der Waals surface area contributed by atoms with Crippen molar-refractivity contribution >= 4 is 15.7 Å². The van der Waals surface area contributed by atoms with Gasteiger partial charge < -0.3 is 5.32 Å². The molecule has 1 saturated heterocycles. The lowest BCUT2D eigenvalue weighted by Crippen LogP contribution is -2.43. The monoisotopic (exact) mass is 272 g/mol. The van der Waals surface area contributed by atoms with Crippen molar-refractivity contribution in [1.82, 2.24) is 20.5 Å². The maximum Gasteiger partial charge on any atom is 0.238 e. The number of aromatic nitrogens is 3. The number of aromatic amines is 1. The Labute approximate surface area is 105 Å². The van der Waals surface area contributed by atoms with Gasteiger partial charge in [-0.3, -0.25) is 9.89 Å². The van der Waals surface area contributed by atoms with Crippen molar-refractivity contribution in [2.45, 2.75) is 37.5 Å². The van der Waals surface area contributed by atoms with Gasteiger partial charge in [0.2, 0.25) is 5.91 Å². The molecule has 1 aromatic heterocycles. The van der Waals surface area contributed by atoms with E-state index in [0.717, 1.165) is 6.42 Å². The number of amides is 1. The van der Waals surface area contributed by atoms with Crippen LogP contribution in [0.15, 0.2) is 6.33 Å². The molecule has 0 radical (unpaired) electrons. The zero-order chi connectivity index (χ0) is 13.2. The Hall–Kier alpha value is -1.44. The fourth-order valence-corrected chi connectivity index (χ4v) is 3.86. The van der Waals surface area contributed by atoms with E-state index < -0.39 is 21.0 Å². The van der Waals surface area contributed by atoms with Crippen molar-refractivity contribution in [3.05, 3.63) is 12.2 Å². The predicted octanol–water partition coefficient (Wildman–Crippen LogP) is -0.0508. The Morgan fingerprint density at radius 3 is 2.94 bits per heavy atom. The summed E-state index contributed by atoms with van der Waals surface area (Å²) in [5.41, 5.74) is 0. The molecule has 1 aliphatic heterocycles. The van der Waals surface area contributed by atoms with Crippen molar-refractivity contribution in [1.29, 1.82) is 0 Å². The van der Waals surface area contributed by atoms with Gasteiger partial charge in [-0.25, -0.2) is 13.4 Å². The molecule has 1 amide bonds. The Morgan fingerprint density at radius 2 is 2.33 bits per heavy atom. The second-order valence-electron chi connectivity index (χ2n) is 4.45. The summed E-state index contributed by atoms with van der Waals surface area (Å²) < 4.78 is 23.6. The molecule has 8 heteroatoms. The van der Waals surface area contributed by atoms with Gasteiger partial charge in [0.25, 0.3) is 0 Å². The van der Waals surface area contributed by atoms with Gasteiger partial charge in [-0.2, -0.15) is 5.10 Å². The second kappa shape index (κ2) is 5.05. The van der Waals surface area contributed by atoms with Crippen LogP contribution in [0.5, 0.6) is 0 Å². The first-order valence-corrected chi connectivity index (χ1v) is 7.59. The van der Waals surface area contributed by atoms with Crippen LogP contribution >= 0.6 is 0 Å². The molecule has 0 bridgehead atoms. The summed E-state index contributed by atoms with van der Waals surface area (Å²) in [6.07, 6.45) is 3.16. The molecule has 0 aliphatic carbocycles. The molecule has 2 unspecified atom stereocenters. The summed E-state index contributed by atoms with van der Waals surface area (Å²) in [5.74, 6) is 0.164. The zero-order valence-electron chi connectivity index (χ0n) is 10.1. The molecule has 0 spiro atoms. The van der Waals surface area contributed by atoms with E-state index in [0.29, 0.717) is 18.7 Å². The maximum absolute atomic E-state index is 12.0. The van der Waals surface area contributed by atoms with Crippen LogP contribution in [-0.4, -0.2) is 40.5 Å². The van der Waals surface area contributed by atoms with Crippen LogP contribution in [0.2, 0.25) is 0 Å². The number of sulfone groups is 1. The first-order valence-electron chi connectivity index (χ1n) is 5.88. The highest BCUT2D eigenvalue weighted by atomic mass is 32.2. The standard InChI is InChI=1S/C10H16N4O3S/c1-7(9-11-6-12-14-9)13-10(15)8-4-2-3-5-18(8,16)17/h6-8H,2-5H2,1H3,(H,13,15)(H,11,12,14). The summed E-state index contributed by atoms with van der Waals surface area (Å²) in [7, 11) is -3.30. The molecule has 2 heterocycles. The van der Waals surface area contributed by atoms with Gasteiger partial charge in [-0.15, -0.1) is 0 Å². The van der Waals surface area contributed by atoms with E-state index in [1.165, 1.54) is 6.33 Å². The topological polar surface area (TPSA) is 105 Å².